The van der Waals surface area contributed by atoms with Gasteiger partial charge in [0, 0.05) is 25.9 Å². The zero-order chi connectivity index (χ0) is 16.3. The molecule has 2 heterocycles. The zero-order valence-corrected chi connectivity index (χ0v) is 14.3. The summed E-state index contributed by atoms with van der Waals surface area (Å²) in [5.41, 5.74) is 0.420. The van der Waals surface area contributed by atoms with E-state index >= 15 is 0 Å². The number of amides is 1. The molecule has 7 heteroatoms. The molecule has 0 atom stereocenters. The summed E-state index contributed by atoms with van der Waals surface area (Å²) in [5, 5.41) is 3.58. The van der Waals surface area contributed by atoms with Crippen LogP contribution in [0.2, 0.25) is 5.02 Å². The minimum Gasteiger partial charge on any atom is -0.350 e. The standard InChI is InChI=1S/C16H19ClN2O3S/c17-13-5-2-1-4-12(13)14(20)18-15(23)19-8-6-16(7-9-19)21-10-3-11-22-16/h1-2,4-5H,3,6-11H2,(H,18,20,23). The van der Waals surface area contributed by atoms with Crippen LogP contribution in [0.1, 0.15) is 29.6 Å². The van der Waals surface area contributed by atoms with Crippen LogP contribution in [0.4, 0.5) is 0 Å². The van der Waals surface area contributed by atoms with Gasteiger partial charge in [-0.25, -0.2) is 0 Å². The molecule has 0 aliphatic carbocycles. The molecule has 0 radical (unpaired) electrons. The van der Waals surface area contributed by atoms with Crippen molar-refractivity contribution < 1.29 is 14.3 Å². The lowest BCUT2D eigenvalue weighted by Crippen LogP contribution is -2.54. The highest BCUT2D eigenvalue weighted by Gasteiger charge is 2.38. The summed E-state index contributed by atoms with van der Waals surface area (Å²) in [6.45, 7) is 2.88. The Hall–Kier alpha value is -1.21. The van der Waals surface area contributed by atoms with Gasteiger partial charge in [0.05, 0.1) is 23.8 Å². The van der Waals surface area contributed by atoms with E-state index in [2.05, 4.69) is 5.32 Å². The smallest absolute Gasteiger partial charge is 0.258 e. The average Bonchev–Trinajstić information content (AvgIpc) is 2.56. The van der Waals surface area contributed by atoms with Crippen LogP contribution in [0.25, 0.3) is 0 Å². The Bertz CT molecular complexity index is 595. The van der Waals surface area contributed by atoms with Gasteiger partial charge in [-0.15, -0.1) is 0 Å². The molecule has 1 amide bonds. The second-order valence-electron chi connectivity index (χ2n) is 5.69. The number of nitrogens with one attached hydrogen (secondary N) is 1. The molecule has 2 saturated heterocycles. The number of thiocarbonyl (C=S) groups is 1. The van der Waals surface area contributed by atoms with Crippen LogP contribution in [0.15, 0.2) is 24.3 Å². The van der Waals surface area contributed by atoms with Gasteiger partial charge in [0.1, 0.15) is 0 Å². The van der Waals surface area contributed by atoms with E-state index in [0.29, 0.717) is 28.8 Å². The third kappa shape index (κ3) is 3.83. The molecule has 5 nitrogen and oxygen atoms in total. The molecule has 2 aliphatic rings. The molecule has 0 unspecified atom stereocenters. The first kappa shape index (κ1) is 16.6. The molecular formula is C16H19ClN2O3S. The second kappa shape index (κ2) is 7.13. The number of rotatable bonds is 1. The first-order chi connectivity index (χ1) is 11.1. The van der Waals surface area contributed by atoms with Crippen LogP contribution in [0, 0.1) is 0 Å². The quantitative estimate of drug-likeness (QED) is 0.785. The van der Waals surface area contributed by atoms with Crippen molar-refractivity contribution in [1.29, 1.82) is 0 Å². The molecule has 1 aromatic rings. The Morgan fingerprint density at radius 3 is 2.52 bits per heavy atom. The number of benzene rings is 1. The van der Waals surface area contributed by atoms with Crippen molar-refractivity contribution in [3.8, 4) is 0 Å². The van der Waals surface area contributed by atoms with Crippen LogP contribution in [0.5, 0.6) is 0 Å². The number of likely N-dealkylation sites (tertiary alicyclic amines) is 1. The van der Waals surface area contributed by atoms with Crippen molar-refractivity contribution in [1.82, 2.24) is 10.2 Å². The normalized spacial score (nSPS) is 20.3. The summed E-state index contributed by atoms with van der Waals surface area (Å²) < 4.78 is 11.6. The molecular weight excluding hydrogens is 336 g/mol. The Morgan fingerprint density at radius 1 is 1.22 bits per heavy atom. The van der Waals surface area contributed by atoms with Crippen molar-refractivity contribution >= 4 is 34.8 Å². The maximum Gasteiger partial charge on any atom is 0.258 e. The van der Waals surface area contributed by atoms with Crippen molar-refractivity contribution in [2.24, 2.45) is 0 Å². The highest BCUT2D eigenvalue weighted by Crippen LogP contribution is 2.30. The first-order valence-corrected chi connectivity index (χ1v) is 8.51. The minimum absolute atomic E-state index is 0.286. The highest BCUT2D eigenvalue weighted by molar-refractivity contribution is 7.80. The highest BCUT2D eigenvalue weighted by atomic mass is 35.5. The minimum atomic E-state index is -0.461. The number of ether oxygens (including phenoxy) is 2. The topological polar surface area (TPSA) is 50.8 Å². The van der Waals surface area contributed by atoms with E-state index in [0.717, 1.165) is 32.5 Å². The van der Waals surface area contributed by atoms with E-state index in [4.69, 9.17) is 33.3 Å². The molecule has 1 aromatic carbocycles. The van der Waals surface area contributed by atoms with Crippen LogP contribution in [-0.4, -0.2) is 48.0 Å². The zero-order valence-electron chi connectivity index (χ0n) is 12.7. The summed E-state index contributed by atoms with van der Waals surface area (Å²) >= 11 is 11.4. The maximum atomic E-state index is 12.3. The predicted octanol–water partition coefficient (Wildman–Crippen LogP) is 2.58. The predicted molar refractivity (Wildman–Crippen MR) is 91.6 cm³/mol. The summed E-state index contributed by atoms with van der Waals surface area (Å²) in [6, 6.07) is 6.91. The SMILES string of the molecule is O=C(NC(=S)N1CCC2(CC1)OCCCO2)c1ccccc1Cl. The number of halogens is 1. The van der Waals surface area contributed by atoms with Crippen LogP contribution >= 0.6 is 23.8 Å². The number of hydrogen-bond donors (Lipinski definition) is 1. The fraction of sp³-hybridized carbons (Fsp3) is 0.500. The van der Waals surface area contributed by atoms with Gasteiger partial charge in [-0.1, -0.05) is 23.7 Å². The van der Waals surface area contributed by atoms with Crippen molar-refractivity contribution in [2.45, 2.75) is 25.0 Å². The van der Waals surface area contributed by atoms with Gasteiger partial charge in [0.2, 0.25) is 0 Å². The number of nitrogens with zero attached hydrogens (tertiary/aromatic N) is 1. The summed E-state index contributed by atoms with van der Waals surface area (Å²) in [4.78, 5) is 14.2. The molecule has 0 bridgehead atoms. The van der Waals surface area contributed by atoms with Gasteiger partial charge < -0.3 is 14.4 Å². The molecule has 1 N–H and O–H groups in total. The van der Waals surface area contributed by atoms with Crippen molar-refractivity contribution in [3.63, 3.8) is 0 Å². The third-order valence-corrected chi connectivity index (χ3v) is 4.86. The van der Waals surface area contributed by atoms with Crippen LogP contribution in [0.3, 0.4) is 0 Å². The van der Waals surface area contributed by atoms with E-state index < -0.39 is 5.79 Å². The molecule has 3 rings (SSSR count). The van der Waals surface area contributed by atoms with Crippen molar-refractivity contribution in [3.05, 3.63) is 34.9 Å². The lowest BCUT2D eigenvalue weighted by atomic mass is 10.0. The van der Waals surface area contributed by atoms with Crippen LogP contribution in [-0.2, 0) is 9.47 Å². The monoisotopic (exact) mass is 354 g/mol. The van der Waals surface area contributed by atoms with Crippen molar-refractivity contribution in [2.75, 3.05) is 26.3 Å². The molecule has 2 fully saturated rings. The van der Waals surface area contributed by atoms with Gasteiger partial charge in [-0.05, 0) is 30.8 Å². The third-order valence-electron chi connectivity index (χ3n) is 4.17. The molecule has 124 valence electrons. The summed E-state index contributed by atoms with van der Waals surface area (Å²) in [7, 11) is 0. The lowest BCUT2D eigenvalue weighted by Gasteiger charge is -2.43. The Kier molecular flexibility index (Phi) is 5.16. The molecule has 0 saturated carbocycles. The molecule has 0 aromatic heterocycles. The fourth-order valence-electron chi connectivity index (χ4n) is 2.84. The number of piperidine rings is 1. The number of hydrogen-bond acceptors (Lipinski definition) is 4. The van der Waals surface area contributed by atoms with Gasteiger partial charge >= 0.3 is 0 Å². The summed E-state index contributed by atoms with van der Waals surface area (Å²) in [6.07, 6.45) is 2.43. The number of carbonyl (C=O) groups excluding carboxylic acids is 1. The van der Waals surface area contributed by atoms with Gasteiger partial charge in [-0.2, -0.15) is 0 Å². The van der Waals surface area contributed by atoms with E-state index in [1.54, 1.807) is 24.3 Å². The van der Waals surface area contributed by atoms with E-state index in [1.165, 1.54) is 0 Å². The molecule has 1 spiro atoms. The Labute approximate surface area is 145 Å². The second-order valence-corrected chi connectivity index (χ2v) is 6.48. The van der Waals surface area contributed by atoms with Gasteiger partial charge in [0.15, 0.2) is 10.9 Å². The Morgan fingerprint density at radius 2 is 1.87 bits per heavy atom. The van der Waals surface area contributed by atoms with Gasteiger partial charge in [0.25, 0.3) is 5.91 Å². The first-order valence-electron chi connectivity index (χ1n) is 7.72. The Balaban J connectivity index is 1.55. The van der Waals surface area contributed by atoms with E-state index in [9.17, 15) is 4.79 Å². The van der Waals surface area contributed by atoms with Gasteiger partial charge in [-0.3, -0.25) is 10.1 Å². The average molecular weight is 355 g/mol. The summed E-state index contributed by atoms with van der Waals surface area (Å²) in [5.74, 6) is -0.747. The van der Waals surface area contributed by atoms with E-state index in [1.807, 2.05) is 4.90 Å². The molecule has 2 aliphatic heterocycles. The van der Waals surface area contributed by atoms with Crippen LogP contribution < -0.4 is 5.32 Å². The van der Waals surface area contributed by atoms with E-state index in [-0.39, 0.29) is 5.91 Å². The maximum absolute atomic E-state index is 12.3. The lowest BCUT2D eigenvalue weighted by molar-refractivity contribution is -0.281. The fourth-order valence-corrected chi connectivity index (χ4v) is 3.34. The molecule has 23 heavy (non-hydrogen) atoms. The number of carbonyl (C=O) groups is 1. The largest absolute Gasteiger partial charge is 0.350 e.